The highest BCUT2D eigenvalue weighted by Crippen LogP contribution is 2.33. The highest BCUT2D eigenvalue weighted by molar-refractivity contribution is 14.1. The van der Waals surface area contributed by atoms with E-state index < -0.39 is 5.60 Å². The molecule has 0 atom stereocenters. The largest absolute Gasteiger partial charge is 0.444 e. The molecule has 0 aromatic heterocycles. The summed E-state index contributed by atoms with van der Waals surface area (Å²) in [5.41, 5.74) is -0.454. The highest BCUT2D eigenvalue weighted by Gasteiger charge is 2.38. The summed E-state index contributed by atoms with van der Waals surface area (Å²) >= 11 is 2.42. The van der Waals surface area contributed by atoms with Crippen molar-refractivity contribution < 1.29 is 14.3 Å². The summed E-state index contributed by atoms with van der Waals surface area (Å²) in [5, 5.41) is 0. The van der Waals surface area contributed by atoms with E-state index in [4.69, 9.17) is 9.47 Å². The number of ether oxygens (including phenoxy) is 2. The minimum absolute atomic E-state index is 0.0331. The lowest BCUT2D eigenvalue weighted by Crippen LogP contribution is -2.50. The summed E-state index contributed by atoms with van der Waals surface area (Å²) in [4.78, 5) is 13.9. The third-order valence-corrected chi connectivity index (χ3v) is 5.81. The van der Waals surface area contributed by atoms with E-state index in [2.05, 4.69) is 22.6 Å². The molecule has 21 heavy (non-hydrogen) atoms. The average molecular weight is 409 g/mol. The molecule has 1 amide bonds. The fourth-order valence-corrected chi connectivity index (χ4v) is 3.68. The molecule has 4 nitrogen and oxygen atoms in total. The van der Waals surface area contributed by atoms with Crippen molar-refractivity contribution >= 4 is 28.7 Å². The molecule has 0 aromatic carbocycles. The zero-order valence-electron chi connectivity index (χ0n) is 13.5. The van der Waals surface area contributed by atoms with Crippen LogP contribution in [0.15, 0.2) is 0 Å². The third-order valence-electron chi connectivity index (χ3n) is 4.42. The Balaban J connectivity index is 1.80. The van der Waals surface area contributed by atoms with Gasteiger partial charge in [-0.15, -0.1) is 0 Å². The van der Waals surface area contributed by atoms with Gasteiger partial charge in [-0.2, -0.15) is 0 Å². The molecular weight excluding hydrogens is 381 g/mol. The van der Waals surface area contributed by atoms with Gasteiger partial charge >= 0.3 is 6.09 Å². The van der Waals surface area contributed by atoms with Gasteiger partial charge in [0.25, 0.3) is 0 Å². The van der Waals surface area contributed by atoms with Gasteiger partial charge in [0.05, 0.1) is 12.2 Å². The van der Waals surface area contributed by atoms with Crippen LogP contribution >= 0.6 is 22.6 Å². The molecule has 0 spiro atoms. The number of hydrogen-bond acceptors (Lipinski definition) is 3. The number of piperidine rings is 1. The van der Waals surface area contributed by atoms with Crippen LogP contribution in [-0.4, -0.2) is 46.3 Å². The second-order valence-electron chi connectivity index (χ2n) is 7.39. The van der Waals surface area contributed by atoms with E-state index >= 15 is 0 Å². The minimum atomic E-state index is -0.421. The first-order valence-corrected chi connectivity index (χ1v) is 9.54. The number of amides is 1. The molecule has 0 unspecified atom stereocenters. The van der Waals surface area contributed by atoms with Crippen molar-refractivity contribution in [1.82, 2.24) is 4.90 Å². The Morgan fingerprint density at radius 3 is 2.33 bits per heavy atom. The van der Waals surface area contributed by atoms with E-state index in [1.54, 1.807) is 0 Å². The topological polar surface area (TPSA) is 38.8 Å². The number of alkyl halides is 1. The van der Waals surface area contributed by atoms with Crippen LogP contribution in [0.25, 0.3) is 0 Å². The van der Waals surface area contributed by atoms with Gasteiger partial charge in [-0.3, -0.25) is 0 Å². The lowest BCUT2D eigenvalue weighted by atomic mass is 9.85. The smallest absolute Gasteiger partial charge is 0.410 e. The van der Waals surface area contributed by atoms with Crippen molar-refractivity contribution in [3.63, 3.8) is 0 Å². The van der Waals surface area contributed by atoms with Gasteiger partial charge in [-0.1, -0.05) is 29.0 Å². The molecule has 2 rings (SSSR count). The Hall–Kier alpha value is -0.0400. The maximum absolute atomic E-state index is 12.1. The molecule has 0 aromatic rings. The zero-order chi connectivity index (χ0) is 15.5. The van der Waals surface area contributed by atoms with Crippen LogP contribution in [0.1, 0.15) is 52.9 Å². The number of rotatable bonds is 4. The molecule has 1 heterocycles. The number of carbonyl (C=O) groups excluding carboxylic acids is 1. The summed E-state index contributed by atoms with van der Waals surface area (Å²) in [6.45, 7) is 8.10. The first-order chi connectivity index (χ1) is 9.84. The molecular formula is C16H28INO3. The normalized spacial score (nSPS) is 22.8. The van der Waals surface area contributed by atoms with Crippen LogP contribution in [0, 0.1) is 5.92 Å². The molecule has 1 aliphatic heterocycles. The van der Waals surface area contributed by atoms with Crippen LogP contribution in [0.2, 0.25) is 0 Å². The first kappa shape index (κ1) is 17.3. The van der Waals surface area contributed by atoms with Crippen molar-refractivity contribution in [1.29, 1.82) is 0 Å². The standard InChI is InChI=1S/C16H28INO3/c1-15(2,3)21-14(19)18-9-7-16(12-17,8-10-18)20-11-13-5-4-6-13/h13H,4-12H2,1-3H3. The molecule has 1 saturated carbocycles. The predicted molar refractivity (Wildman–Crippen MR) is 92.0 cm³/mol. The van der Waals surface area contributed by atoms with Crippen LogP contribution in [0.5, 0.6) is 0 Å². The van der Waals surface area contributed by atoms with E-state index in [-0.39, 0.29) is 11.7 Å². The second-order valence-corrected chi connectivity index (χ2v) is 8.15. The van der Waals surface area contributed by atoms with Gasteiger partial charge in [0, 0.05) is 17.5 Å². The second kappa shape index (κ2) is 7.02. The van der Waals surface area contributed by atoms with Crippen molar-refractivity contribution in [2.45, 2.75) is 64.1 Å². The Morgan fingerprint density at radius 2 is 1.90 bits per heavy atom. The van der Waals surface area contributed by atoms with Gasteiger partial charge in [0.1, 0.15) is 5.60 Å². The van der Waals surface area contributed by atoms with Crippen LogP contribution in [0.3, 0.4) is 0 Å². The van der Waals surface area contributed by atoms with Crippen LogP contribution < -0.4 is 0 Å². The van der Waals surface area contributed by atoms with E-state index in [1.165, 1.54) is 19.3 Å². The monoisotopic (exact) mass is 409 g/mol. The molecule has 122 valence electrons. The molecule has 1 aliphatic carbocycles. The third kappa shape index (κ3) is 4.98. The van der Waals surface area contributed by atoms with Gasteiger partial charge < -0.3 is 14.4 Å². The molecule has 1 saturated heterocycles. The lowest BCUT2D eigenvalue weighted by molar-refractivity contribution is -0.0864. The molecule has 0 N–H and O–H groups in total. The minimum Gasteiger partial charge on any atom is -0.444 e. The summed E-state index contributed by atoms with van der Waals surface area (Å²) < 4.78 is 12.7. The Labute approximate surface area is 142 Å². The van der Waals surface area contributed by atoms with E-state index in [9.17, 15) is 4.79 Å². The van der Waals surface area contributed by atoms with Crippen molar-refractivity contribution in [2.75, 3.05) is 24.1 Å². The van der Waals surface area contributed by atoms with E-state index in [0.717, 1.165) is 42.9 Å². The fraction of sp³-hybridized carbons (Fsp3) is 0.938. The average Bonchev–Trinajstić information content (AvgIpc) is 2.35. The maximum Gasteiger partial charge on any atom is 0.410 e. The first-order valence-electron chi connectivity index (χ1n) is 8.01. The quantitative estimate of drug-likeness (QED) is 0.520. The van der Waals surface area contributed by atoms with Crippen molar-refractivity contribution in [3.05, 3.63) is 0 Å². The number of halogens is 1. The lowest BCUT2D eigenvalue weighted by Gasteiger charge is -2.42. The molecule has 2 aliphatic rings. The summed E-state index contributed by atoms with van der Waals surface area (Å²) in [6.07, 6.45) is 5.65. The van der Waals surface area contributed by atoms with E-state index in [0.29, 0.717) is 0 Å². The Morgan fingerprint density at radius 1 is 1.29 bits per heavy atom. The molecule has 2 fully saturated rings. The summed E-state index contributed by atoms with van der Waals surface area (Å²) in [5.74, 6) is 0.772. The summed E-state index contributed by atoms with van der Waals surface area (Å²) in [6, 6.07) is 0. The van der Waals surface area contributed by atoms with Crippen LogP contribution in [-0.2, 0) is 9.47 Å². The van der Waals surface area contributed by atoms with Crippen molar-refractivity contribution in [3.8, 4) is 0 Å². The highest BCUT2D eigenvalue weighted by atomic mass is 127. The number of hydrogen-bond donors (Lipinski definition) is 0. The summed E-state index contributed by atoms with van der Waals surface area (Å²) in [7, 11) is 0. The predicted octanol–water partition coefficient (Wildman–Crippen LogP) is 4.01. The Kier molecular flexibility index (Phi) is 5.79. The Bertz CT molecular complexity index is 355. The maximum atomic E-state index is 12.1. The van der Waals surface area contributed by atoms with Crippen LogP contribution in [0.4, 0.5) is 4.79 Å². The van der Waals surface area contributed by atoms with Gasteiger partial charge in [-0.05, 0) is 52.4 Å². The molecule has 0 radical (unpaired) electrons. The SMILES string of the molecule is CC(C)(C)OC(=O)N1CCC(CI)(OCC2CCC2)CC1. The van der Waals surface area contributed by atoms with Crippen molar-refractivity contribution in [2.24, 2.45) is 5.92 Å². The zero-order valence-corrected chi connectivity index (χ0v) is 15.6. The van der Waals surface area contributed by atoms with Gasteiger partial charge in [0.2, 0.25) is 0 Å². The molecule has 0 bridgehead atoms. The number of nitrogens with zero attached hydrogens (tertiary/aromatic N) is 1. The number of likely N-dealkylation sites (tertiary alicyclic amines) is 1. The number of carbonyl (C=O) groups is 1. The molecule has 5 heteroatoms. The van der Waals surface area contributed by atoms with Gasteiger partial charge in [0.15, 0.2) is 0 Å². The fourth-order valence-electron chi connectivity index (χ4n) is 2.69. The van der Waals surface area contributed by atoms with E-state index in [1.807, 2.05) is 25.7 Å². The van der Waals surface area contributed by atoms with Gasteiger partial charge in [-0.25, -0.2) is 4.79 Å².